The largest absolute Gasteiger partial charge is 0.314 e. The summed E-state index contributed by atoms with van der Waals surface area (Å²) >= 11 is 0. The number of para-hydroxylation sites is 1. The highest BCUT2D eigenvalue weighted by Gasteiger charge is 2.19. The summed E-state index contributed by atoms with van der Waals surface area (Å²) in [7, 11) is 0. The Hall–Kier alpha value is -1.75. The normalized spacial score (nSPS) is 13.0. The fourth-order valence-electron chi connectivity index (χ4n) is 2.27. The van der Waals surface area contributed by atoms with E-state index in [1.807, 2.05) is 35.0 Å². The van der Waals surface area contributed by atoms with Gasteiger partial charge in [0.1, 0.15) is 0 Å². The molecule has 0 bridgehead atoms. The first-order valence-electron chi connectivity index (χ1n) is 7.64. The zero-order chi connectivity index (χ0) is 15.2. The van der Waals surface area contributed by atoms with Gasteiger partial charge in [-0.1, -0.05) is 45.9 Å². The Morgan fingerprint density at radius 2 is 1.81 bits per heavy atom. The van der Waals surface area contributed by atoms with E-state index in [1.165, 1.54) is 0 Å². The van der Waals surface area contributed by atoms with Gasteiger partial charge in [0.2, 0.25) is 0 Å². The van der Waals surface area contributed by atoms with Crippen LogP contribution in [0.4, 0.5) is 0 Å². The van der Waals surface area contributed by atoms with Crippen molar-refractivity contribution in [3.63, 3.8) is 0 Å². The maximum atomic E-state index is 4.22. The molecule has 0 spiro atoms. The maximum Gasteiger partial charge on any atom is 0.157 e. The lowest BCUT2D eigenvalue weighted by atomic mass is 9.92. The molecule has 0 aliphatic heterocycles. The van der Waals surface area contributed by atoms with E-state index >= 15 is 0 Å². The van der Waals surface area contributed by atoms with Crippen LogP contribution in [0, 0.1) is 11.8 Å². The van der Waals surface area contributed by atoms with Gasteiger partial charge in [0.25, 0.3) is 0 Å². The standard InChI is InChI=1S/C16H25N5/c1-12(2)14(11-17-13(3)4)10-16-18-19-20-21(16)15-8-6-5-7-9-15/h5-9,12-14,17H,10-11H2,1-4H3. The summed E-state index contributed by atoms with van der Waals surface area (Å²) in [6.45, 7) is 9.83. The van der Waals surface area contributed by atoms with Crippen LogP contribution in [0.25, 0.3) is 5.69 Å². The molecule has 1 aromatic heterocycles. The molecule has 5 heteroatoms. The Bertz CT molecular complexity index is 533. The van der Waals surface area contributed by atoms with Gasteiger partial charge in [0.15, 0.2) is 5.82 Å². The summed E-state index contributed by atoms with van der Waals surface area (Å²) in [6, 6.07) is 10.5. The van der Waals surface area contributed by atoms with E-state index in [-0.39, 0.29) is 0 Å². The average Bonchev–Trinajstić information content (AvgIpc) is 2.92. The van der Waals surface area contributed by atoms with Gasteiger partial charge in [-0.05, 0) is 40.9 Å². The predicted molar refractivity (Wildman–Crippen MR) is 84.3 cm³/mol. The Morgan fingerprint density at radius 3 is 2.43 bits per heavy atom. The zero-order valence-electron chi connectivity index (χ0n) is 13.3. The molecule has 2 rings (SSSR count). The van der Waals surface area contributed by atoms with Crippen molar-refractivity contribution in [2.24, 2.45) is 11.8 Å². The lowest BCUT2D eigenvalue weighted by Crippen LogP contribution is -2.32. The molecule has 0 saturated heterocycles. The van der Waals surface area contributed by atoms with Crippen LogP contribution in [0.5, 0.6) is 0 Å². The summed E-state index contributed by atoms with van der Waals surface area (Å²) < 4.78 is 1.84. The maximum absolute atomic E-state index is 4.22. The van der Waals surface area contributed by atoms with E-state index in [0.29, 0.717) is 17.9 Å². The molecular weight excluding hydrogens is 262 g/mol. The van der Waals surface area contributed by atoms with Gasteiger partial charge >= 0.3 is 0 Å². The van der Waals surface area contributed by atoms with Gasteiger partial charge in [-0.2, -0.15) is 4.68 Å². The highest BCUT2D eigenvalue weighted by atomic mass is 15.5. The highest BCUT2D eigenvalue weighted by Crippen LogP contribution is 2.17. The van der Waals surface area contributed by atoms with Gasteiger partial charge in [-0.15, -0.1) is 5.10 Å². The molecule has 1 aromatic carbocycles. The number of tetrazole rings is 1. The lowest BCUT2D eigenvalue weighted by Gasteiger charge is -2.22. The molecule has 0 fully saturated rings. The van der Waals surface area contributed by atoms with E-state index < -0.39 is 0 Å². The number of aromatic nitrogens is 4. The van der Waals surface area contributed by atoms with E-state index in [1.54, 1.807) is 0 Å². The number of hydrogen-bond donors (Lipinski definition) is 1. The minimum Gasteiger partial charge on any atom is -0.314 e. The van der Waals surface area contributed by atoms with Crippen LogP contribution in [-0.2, 0) is 6.42 Å². The van der Waals surface area contributed by atoms with Gasteiger partial charge in [0, 0.05) is 12.5 Å². The Balaban J connectivity index is 2.13. The third-order valence-electron chi connectivity index (χ3n) is 3.71. The minimum atomic E-state index is 0.497. The van der Waals surface area contributed by atoms with E-state index in [4.69, 9.17) is 0 Å². The van der Waals surface area contributed by atoms with Crippen LogP contribution in [0.1, 0.15) is 33.5 Å². The number of benzene rings is 1. The molecule has 1 heterocycles. The second-order valence-electron chi connectivity index (χ2n) is 6.11. The van der Waals surface area contributed by atoms with Crippen molar-refractivity contribution >= 4 is 0 Å². The van der Waals surface area contributed by atoms with Crippen LogP contribution < -0.4 is 5.32 Å². The SMILES string of the molecule is CC(C)NCC(Cc1nnnn1-c1ccccc1)C(C)C. The van der Waals surface area contributed by atoms with Crippen LogP contribution in [0.15, 0.2) is 30.3 Å². The molecule has 0 saturated carbocycles. The Morgan fingerprint density at radius 1 is 1.10 bits per heavy atom. The molecule has 1 atom stereocenters. The third kappa shape index (κ3) is 4.36. The molecule has 0 aliphatic rings. The monoisotopic (exact) mass is 287 g/mol. The van der Waals surface area contributed by atoms with Crippen molar-refractivity contribution < 1.29 is 0 Å². The summed E-state index contributed by atoms with van der Waals surface area (Å²) in [6.07, 6.45) is 0.874. The second-order valence-corrected chi connectivity index (χ2v) is 6.11. The second kappa shape index (κ2) is 7.31. The molecule has 0 amide bonds. The van der Waals surface area contributed by atoms with Gasteiger partial charge in [0.05, 0.1) is 5.69 Å². The average molecular weight is 287 g/mol. The van der Waals surface area contributed by atoms with Crippen molar-refractivity contribution in [3.8, 4) is 5.69 Å². The fourth-order valence-corrected chi connectivity index (χ4v) is 2.27. The number of nitrogens with one attached hydrogen (secondary N) is 1. The van der Waals surface area contributed by atoms with Crippen LogP contribution in [0.2, 0.25) is 0 Å². The molecule has 0 aliphatic carbocycles. The van der Waals surface area contributed by atoms with Crippen LogP contribution in [0.3, 0.4) is 0 Å². The molecule has 0 radical (unpaired) electrons. The first-order valence-corrected chi connectivity index (χ1v) is 7.64. The van der Waals surface area contributed by atoms with Crippen LogP contribution >= 0.6 is 0 Å². The van der Waals surface area contributed by atoms with Gasteiger partial charge < -0.3 is 5.32 Å². The molecular formula is C16H25N5. The smallest absolute Gasteiger partial charge is 0.157 e. The third-order valence-corrected chi connectivity index (χ3v) is 3.71. The first kappa shape index (κ1) is 15.6. The summed E-state index contributed by atoms with van der Waals surface area (Å²) in [5.41, 5.74) is 1.01. The van der Waals surface area contributed by atoms with E-state index in [0.717, 1.165) is 24.5 Å². The van der Waals surface area contributed by atoms with Crippen molar-refractivity contribution in [3.05, 3.63) is 36.2 Å². The van der Waals surface area contributed by atoms with Crippen molar-refractivity contribution in [2.45, 2.75) is 40.2 Å². The molecule has 21 heavy (non-hydrogen) atoms. The van der Waals surface area contributed by atoms with Crippen molar-refractivity contribution in [2.75, 3.05) is 6.54 Å². The van der Waals surface area contributed by atoms with Crippen molar-refractivity contribution in [1.29, 1.82) is 0 Å². The van der Waals surface area contributed by atoms with Crippen LogP contribution in [-0.4, -0.2) is 32.8 Å². The lowest BCUT2D eigenvalue weighted by molar-refractivity contribution is 0.342. The number of rotatable bonds is 7. The quantitative estimate of drug-likeness (QED) is 0.850. The Kier molecular flexibility index (Phi) is 5.44. The van der Waals surface area contributed by atoms with E-state index in [2.05, 4.69) is 48.5 Å². The first-order chi connectivity index (χ1) is 10.1. The fraction of sp³-hybridized carbons (Fsp3) is 0.562. The predicted octanol–water partition coefficient (Wildman–Crippen LogP) is 2.47. The zero-order valence-corrected chi connectivity index (χ0v) is 13.3. The van der Waals surface area contributed by atoms with Gasteiger partial charge in [-0.3, -0.25) is 0 Å². The topological polar surface area (TPSA) is 55.6 Å². The summed E-state index contributed by atoms with van der Waals surface area (Å²) in [5.74, 6) is 2.02. The Labute approximate surface area is 126 Å². The molecule has 114 valence electrons. The highest BCUT2D eigenvalue weighted by molar-refractivity contribution is 5.30. The van der Waals surface area contributed by atoms with Crippen molar-refractivity contribution in [1.82, 2.24) is 25.5 Å². The minimum absolute atomic E-state index is 0.497. The van der Waals surface area contributed by atoms with E-state index in [9.17, 15) is 0 Å². The number of nitrogens with zero attached hydrogens (tertiary/aromatic N) is 4. The molecule has 5 nitrogen and oxygen atoms in total. The summed E-state index contributed by atoms with van der Waals surface area (Å²) in [5, 5.41) is 15.7. The summed E-state index contributed by atoms with van der Waals surface area (Å²) in [4.78, 5) is 0. The number of hydrogen-bond acceptors (Lipinski definition) is 4. The molecule has 1 unspecified atom stereocenters. The molecule has 1 N–H and O–H groups in total. The molecule has 2 aromatic rings. The van der Waals surface area contributed by atoms with Gasteiger partial charge in [-0.25, -0.2) is 0 Å².